The number of aromatic nitrogens is 5. The second kappa shape index (κ2) is 6.08. The molecule has 118 valence electrons. The van der Waals surface area contributed by atoms with Crippen LogP contribution in [-0.2, 0) is 0 Å². The van der Waals surface area contributed by atoms with Crippen molar-refractivity contribution in [3.8, 4) is 5.82 Å². The van der Waals surface area contributed by atoms with E-state index in [1.165, 1.54) is 0 Å². The topological polar surface area (TPSA) is 68.5 Å². The van der Waals surface area contributed by atoms with Gasteiger partial charge in [0.25, 0.3) is 0 Å². The molecule has 0 saturated heterocycles. The first-order valence-corrected chi connectivity index (χ1v) is 7.73. The average molecular weight is 316 g/mol. The number of nitrogens with one attached hydrogen (secondary N) is 1. The second-order valence-corrected chi connectivity index (χ2v) is 5.49. The van der Waals surface area contributed by atoms with Gasteiger partial charge in [-0.2, -0.15) is 4.98 Å². The smallest absolute Gasteiger partial charge is 0.225 e. The summed E-state index contributed by atoms with van der Waals surface area (Å²) in [5.74, 6) is 1.35. The van der Waals surface area contributed by atoms with Crippen LogP contribution in [0.25, 0.3) is 16.9 Å². The van der Waals surface area contributed by atoms with E-state index in [2.05, 4.69) is 32.2 Å². The van der Waals surface area contributed by atoms with Crippen molar-refractivity contribution in [3.05, 3.63) is 72.9 Å². The number of hydrogen-bond donors (Lipinski definition) is 1. The van der Waals surface area contributed by atoms with Gasteiger partial charge in [-0.3, -0.25) is 9.55 Å². The number of pyridine rings is 1. The molecule has 4 aromatic rings. The van der Waals surface area contributed by atoms with Crippen molar-refractivity contribution in [1.82, 2.24) is 24.5 Å². The van der Waals surface area contributed by atoms with Crippen molar-refractivity contribution in [2.45, 2.75) is 13.0 Å². The van der Waals surface area contributed by atoms with E-state index >= 15 is 0 Å². The van der Waals surface area contributed by atoms with Crippen LogP contribution in [0.2, 0.25) is 0 Å². The van der Waals surface area contributed by atoms with Crippen LogP contribution in [0.4, 0.5) is 5.95 Å². The Balaban J connectivity index is 1.64. The third kappa shape index (κ3) is 2.69. The summed E-state index contributed by atoms with van der Waals surface area (Å²) in [6.07, 6.45) is 7.12. The predicted octanol–water partition coefficient (Wildman–Crippen LogP) is 3.38. The van der Waals surface area contributed by atoms with Crippen molar-refractivity contribution in [1.29, 1.82) is 0 Å². The normalized spacial score (nSPS) is 12.2. The third-order valence-electron chi connectivity index (χ3n) is 3.87. The molecule has 0 bridgehead atoms. The lowest BCUT2D eigenvalue weighted by atomic mass is 10.1. The highest BCUT2D eigenvalue weighted by atomic mass is 15.2. The van der Waals surface area contributed by atoms with Gasteiger partial charge in [-0.25, -0.2) is 9.97 Å². The molecular formula is C18H16N6. The Kier molecular flexibility index (Phi) is 3.63. The fourth-order valence-electron chi connectivity index (χ4n) is 2.60. The summed E-state index contributed by atoms with van der Waals surface area (Å²) in [6.45, 7) is 2.06. The molecule has 6 heteroatoms. The van der Waals surface area contributed by atoms with Crippen molar-refractivity contribution in [2.75, 3.05) is 5.32 Å². The lowest BCUT2D eigenvalue weighted by molar-refractivity contribution is 0.847. The van der Waals surface area contributed by atoms with E-state index in [1.807, 2.05) is 53.2 Å². The van der Waals surface area contributed by atoms with E-state index in [-0.39, 0.29) is 6.04 Å². The van der Waals surface area contributed by atoms with Crippen molar-refractivity contribution >= 4 is 17.0 Å². The Bertz CT molecular complexity index is 963. The van der Waals surface area contributed by atoms with Gasteiger partial charge >= 0.3 is 0 Å². The van der Waals surface area contributed by atoms with Crippen molar-refractivity contribution in [2.24, 2.45) is 0 Å². The van der Waals surface area contributed by atoms with Crippen LogP contribution >= 0.6 is 0 Å². The number of rotatable bonds is 4. The number of anilines is 1. The van der Waals surface area contributed by atoms with Gasteiger partial charge in [-0.05, 0) is 36.8 Å². The molecular weight excluding hydrogens is 300 g/mol. The number of imidazole rings is 1. The molecule has 6 nitrogen and oxygen atoms in total. The standard InChI is InChI=1S/C18H16N6/c1-13(14-5-4-9-19-11-14)22-18-20-10-8-17(23-18)24-12-21-15-6-2-3-7-16(15)24/h2-13H,1H3,(H,20,22,23). The highest BCUT2D eigenvalue weighted by Gasteiger charge is 2.09. The lowest BCUT2D eigenvalue weighted by Crippen LogP contribution is -2.10. The zero-order chi connectivity index (χ0) is 16.4. The van der Waals surface area contributed by atoms with Crippen LogP contribution in [0, 0.1) is 0 Å². The lowest BCUT2D eigenvalue weighted by Gasteiger charge is -2.14. The zero-order valence-corrected chi connectivity index (χ0v) is 13.2. The maximum Gasteiger partial charge on any atom is 0.225 e. The minimum atomic E-state index is 0.0634. The SMILES string of the molecule is CC(Nc1nccc(-n2cnc3ccccc32)n1)c1cccnc1. The molecule has 0 aliphatic rings. The summed E-state index contributed by atoms with van der Waals surface area (Å²) >= 11 is 0. The van der Waals surface area contributed by atoms with Crippen LogP contribution in [0.3, 0.4) is 0 Å². The Morgan fingerprint density at radius 2 is 1.92 bits per heavy atom. The first-order chi connectivity index (χ1) is 11.8. The highest BCUT2D eigenvalue weighted by Crippen LogP contribution is 2.19. The molecule has 1 atom stereocenters. The van der Waals surface area contributed by atoms with Crippen LogP contribution < -0.4 is 5.32 Å². The Morgan fingerprint density at radius 1 is 1.00 bits per heavy atom. The summed E-state index contributed by atoms with van der Waals surface area (Å²) in [6, 6.07) is 13.8. The molecule has 1 aromatic carbocycles. The van der Waals surface area contributed by atoms with Crippen LogP contribution in [0.5, 0.6) is 0 Å². The number of nitrogens with zero attached hydrogens (tertiary/aromatic N) is 5. The first kappa shape index (κ1) is 14.3. The molecule has 4 rings (SSSR count). The van der Waals surface area contributed by atoms with Gasteiger partial charge in [0.05, 0.1) is 17.1 Å². The quantitative estimate of drug-likeness (QED) is 0.625. The average Bonchev–Trinajstić information content (AvgIpc) is 3.07. The van der Waals surface area contributed by atoms with E-state index in [0.717, 1.165) is 22.4 Å². The van der Waals surface area contributed by atoms with Gasteiger partial charge in [0.1, 0.15) is 12.1 Å². The molecule has 0 aliphatic carbocycles. The number of para-hydroxylation sites is 2. The highest BCUT2D eigenvalue weighted by molar-refractivity contribution is 5.76. The molecule has 0 aliphatic heterocycles. The third-order valence-corrected chi connectivity index (χ3v) is 3.87. The molecule has 0 radical (unpaired) electrons. The van der Waals surface area contributed by atoms with Gasteiger partial charge in [-0.15, -0.1) is 0 Å². The molecule has 24 heavy (non-hydrogen) atoms. The molecule has 3 heterocycles. The van der Waals surface area contributed by atoms with Crippen molar-refractivity contribution in [3.63, 3.8) is 0 Å². The minimum Gasteiger partial charge on any atom is -0.348 e. The number of hydrogen-bond acceptors (Lipinski definition) is 5. The van der Waals surface area contributed by atoms with Crippen LogP contribution in [0.1, 0.15) is 18.5 Å². The van der Waals surface area contributed by atoms with E-state index < -0.39 is 0 Å². The maximum atomic E-state index is 4.61. The van der Waals surface area contributed by atoms with E-state index in [9.17, 15) is 0 Å². The Morgan fingerprint density at radius 3 is 2.79 bits per heavy atom. The van der Waals surface area contributed by atoms with Gasteiger partial charge in [0.15, 0.2) is 0 Å². The molecule has 0 amide bonds. The molecule has 1 unspecified atom stereocenters. The summed E-state index contributed by atoms with van der Waals surface area (Å²) in [5.41, 5.74) is 3.04. The molecule has 0 fully saturated rings. The van der Waals surface area contributed by atoms with Gasteiger partial charge in [-0.1, -0.05) is 18.2 Å². The monoisotopic (exact) mass is 316 g/mol. The first-order valence-electron chi connectivity index (χ1n) is 7.73. The fraction of sp³-hybridized carbons (Fsp3) is 0.111. The predicted molar refractivity (Wildman–Crippen MR) is 92.9 cm³/mol. The van der Waals surface area contributed by atoms with Gasteiger partial charge in [0.2, 0.25) is 5.95 Å². The number of benzene rings is 1. The molecule has 1 N–H and O–H groups in total. The Labute approximate surface area is 139 Å². The molecule has 0 saturated carbocycles. The summed E-state index contributed by atoms with van der Waals surface area (Å²) in [7, 11) is 0. The Hall–Kier alpha value is -3.28. The second-order valence-electron chi connectivity index (χ2n) is 5.49. The van der Waals surface area contributed by atoms with E-state index in [1.54, 1.807) is 18.7 Å². The van der Waals surface area contributed by atoms with Crippen LogP contribution in [0.15, 0.2) is 67.4 Å². The minimum absolute atomic E-state index is 0.0634. The van der Waals surface area contributed by atoms with E-state index in [0.29, 0.717) is 5.95 Å². The summed E-state index contributed by atoms with van der Waals surface area (Å²) < 4.78 is 1.96. The molecule has 3 aromatic heterocycles. The van der Waals surface area contributed by atoms with Crippen molar-refractivity contribution < 1.29 is 0 Å². The summed E-state index contributed by atoms with van der Waals surface area (Å²) in [5, 5.41) is 3.31. The van der Waals surface area contributed by atoms with Gasteiger partial charge in [0, 0.05) is 18.6 Å². The van der Waals surface area contributed by atoms with Gasteiger partial charge < -0.3 is 5.32 Å². The summed E-state index contributed by atoms with van der Waals surface area (Å²) in [4.78, 5) is 17.5. The fourth-order valence-corrected chi connectivity index (χ4v) is 2.60. The maximum absolute atomic E-state index is 4.61. The zero-order valence-electron chi connectivity index (χ0n) is 13.2. The van der Waals surface area contributed by atoms with E-state index in [4.69, 9.17) is 0 Å². The molecule has 0 spiro atoms. The number of fused-ring (bicyclic) bond motifs is 1. The van der Waals surface area contributed by atoms with Crippen LogP contribution in [-0.4, -0.2) is 24.5 Å². The largest absolute Gasteiger partial charge is 0.348 e.